The molecule has 0 radical (unpaired) electrons. The Hall–Kier alpha value is -1.88. The minimum atomic E-state index is -10.7. The van der Waals surface area contributed by atoms with E-state index in [2.05, 4.69) is 59.3 Å². The smallest absolute Gasteiger partial charge is 0.167 e. The Labute approximate surface area is 115 Å². The second-order valence-corrected chi connectivity index (χ2v) is 6.31. The van der Waals surface area contributed by atoms with Crippen LogP contribution in [0.1, 0.15) is 0 Å². The fourth-order valence-electron chi connectivity index (χ4n) is 1.78. The van der Waals surface area contributed by atoms with E-state index in [9.17, 15) is 25.2 Å². The first-order chi connectivity index (χ1) is 9.38. The van der Waals surface area contributed by atoms with Crippen LogP contribution in [0.15, 0.2) is 60.9 Å². The van der Waals surface area contributed by atoms with E-state index < -0.39 is 7.81 Å². The molecule has 3 aromatic rings. The van der Waals surface area contributed by atoms with Crippen LogP contribution in [-0.2, 0) is 0 Å². The molecular formula is C13H10F6NP. The molecule has 0 unspecified atom stereocenters. The maximum Gasteiger partial charge on any atom is 0.211 e. The standard InChI is InChI=1S/C13H10N.F6P/c1-2-6-12-10-14-8-4-3-7-13(14)9-11(12)5-1;1-7(2,3,4,5)6/h1-10H;/q+1;-1. The largest absolute Gasteiger partial charge is 0.211 e. The molecule has 2 heterocycles. The molecule has 0 saturated heterocycles. The van der Waals surface area contributed by atoms with Crippen molar-refractivity contribution in [3.05, 3.63) is 60.9 Å². The zero-order valence-electron chi connectivity index (χ0n) is 10.4. The predicted octanol–water partition coefficient (Wildman–Crippen LogP) is 5.96. The molecule has 3 rings (SSSR count). The fraction of sp³-hybridized carbons (Fsp3) is 0. The number of benzene rings is 1. The number of aromatic nitrogens is 1. The van der Waals surface area contributed by atoms with Crippen LogP contribution in [0.2, 0.25) is 0 Å². The Morgan fingerprint density at radius 1 is 0.714 bits per heavy atom. The molecule has 2 aromatic heterocycles. The monoisotopic (exact) mass is 325 g/mol. The van der Waals surface area contributed by atoms with Gasteiger partial charge in [0.15, 0.2) is 12.4 Å². The molecule has 0 amide bonds. The van der Waals surface area contributed by atoms with Crippen LogP contribution in [-0.4, -0.2) is 0 Å². The third-order valence-electron chi connectivity index (χ3n) is 2.50. The van der Waals surface area contributed by atoms with E-state index in [1.807, 2.05) is 6.07 Å². The molecule has 114 valence electrons. The van der Waals surface area contributed by atoms with E-state index in [1.165, 1.54) is 16.3 Å². The van der Waals surface area contributed by atoms with Gasteiger partial charge in [-0.05, 0) is 17.5 Å². The van der Waals surface area contributed by atoms with Gasteiger partial charge in [0, 0.05) is 23.6 Å². The summed E-state index contributed by atoms with van der Waals surface area (Å²) < 4.78 is 61.3. The number of nitrogens with zero attached hydrogens (tertiary/aromatic N) is 1. The van der Waals surface area contributed by atoms with Crippen molar-refractivity contribution in [3.63, 3.8) is 0 Å². The second-order valence-electron chi connectivity index (χ2n) is 4.39. The number of rotatable bonds is 0. The molecule has 0 fully saturated rings. The third kappa shape index (κ3) is 5.95. The minimum absolute atomic E-state index is 1.23. The van der Waals surface area contributed by atoms with Crippen molar-refractivity contribution in [1.82, 2.24) is 0 Å². The Bertz CT molecular complexity index is 681. The van der Waals surface area contributed by atoms with E-state index in [-0.39, 0.29) is 0 Å². The summed E-state index contributed by atoms with van der Waals surface area (Å²) in [5.74, 6) is 0. The molecule has 0 aliphatic rings. The van der Waals surface area contributed by atoms with Crippen molar-refractivity contribution in [2.24, 2.45) is 0 Å². The van der Waals surface area contributed by atoms with Crippen LogP contribution in [0, 0.1) is 0 Å². The van der Waals surface area contributed by atoms with Crippen molar-refractivity contribution in [3.8, 4) is 0 Å². The van der Waals surface area contributed by atoms with Gasteiger partial charge in [0.25, 0.3) is 0 Å². The number of fused-ring (bicyclic) bond motifs is 2. The van der Waals surface area contributed by atoms with E-state index in [4.69, 9.17) is 0 Å². The first-order valence-electron chi connectivity index (χ1n) is 5.74. The summed E-state index contributed by atoms with van der Waals surface area (Å²) in [4.78, 5) is 0. The Morgan fingerprint density at radius 3 is 1.86 bits per heavy atom. The fourth-order valence-corrected chi connectivity index (χ4v) is 1.78. The Kier molecular flexibility index (Phi) is 3.18. The van der Waals surface area contributed by atoms with E-state index in [1.54, 1.807) is 0 Å². The zero-order valence-corrected chi connectivity index (χ0v) is 11.3. The molecule has 8 heteroatoms. The normalized spacial score (nSPS) is 15.0. The van der Waals surface area contributed by atoms with Gasteiger partial charge in [0.2, 0.25) is 5.52 Å². The molecular weight excluding hydrogens is 315 g/mol. The second kappa shape index (κ2) is 4.31. The third-order valence-corrected chi connectivity index (χ3v) is 2.50. The maximum atomic E-state index is 9.87. The van der Waals surface area contributed by atoms with Crippen LogP contribution in [0.5, 0.6) is 0 Å². The van der Waals surface area contributed by atoms with Crippen molar-refractivity contribution in [2.45, 2.75) is 0 Å². The van der Waals surface area contributed by atoms with Gasteiger partial charge in [-0.2, -0.15) is 4.40 Å². The molecule has 0 spiro atoms. The average Bonchev–Trinajstić information content (AvgIpc) is 2.32. The van der Waals surface area contributed by atoms with Gasteiger partial charge in [-0.25, -0.2) is 0 Å². The number of halogens is 6. The van der Waals surface area contributed by atoms with E-state index in [0.717, 1.165) is 0 Å². The average molecular weight is 325 g/mol. The summed E-state index contributed by atoms with van der Waals surface area (Å²) in [5, 5.41) is 2.56. The summed E-state index contributed by atoms with van der Waals surface area (Å²) in [6.45, 7) is 0. The van der Waals surface area contributed by atoms with E-state index >= 15 is 0 Å². The minimum Gasteiger partial charge on any atom is -0.167 e. The van der Waals surface area contributed by atoms with Crippen molar-refractivity contribution in [2.75, 3.05) is 0 Å². The molecule has 0 N–H and O–H groups in total. The van der Waals surface area contributed by atoms with Crippen LogP contribution >= 0.6 is 7.81 Å². The molecule has 0 aliphatic heterocycles. The predicted molar refractivity (Wildman–Crippen MR) is 70.7 cm³/mol. The quantitative estimate of drug-likeness (QED) is 0.208. The van der Waals surface area contributed by atoms with Crippen molar-refractivity contribution < 1.29 is 29.6 Å². The van der Waals surface area contributed by atoms with Gasteiger partial charge in [0.1, 0.15) is 0 Å². The molecule has 0 saturated carbocycles. The van der Waals surface area contributed by atoms with Crippen LogP contribution in [0.25, 0.3) is 16.3 Å². The number of hydrogen-bond acceptors (Lipinski definition) is 0. The summed E-state index contributed by atoms with van der Waals surface area (Å²) >= 11 is 0. The molecule has 0 aliphatic carbocycles. The summed E-state index contributed by atoms with van der Waals surface area (Å²) in [7, 11) is -10.7. The number of hydrogen-bond donors (Lipinski definition) is 0. The molecule has 1 aromatic carbocycles. The maximum absolute atomic E-state index is 10.7. The molecule has 21 heavy (non-hydrogen) atoms. The van der Waals surface area contributed by atoms with Crippen molar-refractivity contribution in [1.29, 1.82) is 0 Å². The van der Waals surface area contributed by atoms with Gasteiger partial charge in [-0.1, -0.05) is 18.2 Å². The van der Waals surface area contributed by atoms with Crippen LogP contribution in [0.4, 0.5) is 25.2 Å². The Morgan fingerprint density at radius 2 is 1.24 bits per heavy atom. The summed E-state index contributed by atoms with van der Waals surface area (Å²) in [6, 6.07) is 16.8. The van der Waals surface area contributed by atoms with Crippen LogP contribution in [0.3, 0.4) is 0 Å². The topological polar surface area (TPSA) is 4.10 Å². The van der Waals surface area contributed by atoms with E-state index in [0.29, 0.717) is 0 Å². The van der Waals surface area contributed by atoms with Gasteiger partial charge in [-0.3, -0.25) is 0 Å². The van der Waals surface area contributed by atoms with Gasteiger partial charge < -0.3 is 0 Å². The molecule has 1 nitrogen and oxygen atoms in total. The first kappa shape index (κ1) is 15.5. The van der Waals surface area contributed by atoms with Gasteiger partial charge in [0.05, 0.1) is 0 Å². The zero-order chi connectivity index (χ0) is 15.8. The Balaban J connectivity index is 0.000000199. The molecule has 0 bridgehead atoms. The summed E-state index contributed by atoms with van der Waals surface area (Å²) in [5.41, 5.74) is 1.23. The SMILES string of the molecule is F[P-](F)(F)(F)(F)F.c1ccc2c[n+]3ccccc3cc2c1. The van der Waals surface area contributed by atoms with Crippen molar-refractivity contribution >= 4 is 24.1 Å². The van der Waals surface area contributed by atoms with Gasteiger partial charge >= 0.3 is 33.0 Å². The first-order valence-corrected chi connectivity index (χ1v) is 7.76. The summed E-state index contributed by atoms with van der Waals surface area (Å²) in [6.07, 6.45) is 4.23. The van der Waals surface area contributed by atoms with Crippen LogP contribution < -0.4 is 4.40 Å². The van der Waals surface area contributed by atoms with Gasteiger partial charge in [-0.15, -0.1) is 0 Å². The number of pyridine rings is 2. The molecule has 0 atom stereocenters.